The summed E-state index contributed by atoms with van der Waals surface area (Å²) < 4.78 is 32.1. The summed E-state index contributed by atoms with van der Waals surface area (Å²) in [6.07, 6.45) is 10.4. The summed E-state index contributed by atoms with van der Waals surface area (Å²) in [4.78, 5) is 9.24. The molecule has 0 spiro atoms. The van der Waals surface area contributed by atoms with Gasteiger partial charge in [-0.1, -0.05) is 13.8 Å². The number of nitrogens with zero attached hydrogens (tertiary/aromatic N) is 5. The highest BCUT2D eigenvalue weighted by Crippen LogP contribution is 2.42. The topological polar surface area (TPSA) is 115 Å². The van der Waals surface area contributed by atoms with Crippen molar-refractivity contribution < 1.29 is 8.42 Å². The van der Waals surface area contributed by atoms with E-state index in [2.05, 4.69) is 36.3 Å². The van der Waals surface area contributed by atoms with E-state index in [4.69, 9.17) is 0 Å². The summed E-state index contributed by atoms with van der Waals surface area (Å²) in [5.41, 5.74) is 3.74. The highest BCUT2D eigenvalue weighted by atomic mass is 32.2. The van der Waals surface area contributed by atoms with Crippen LogP contribution in [0.3, 0.4) is 0 Å². The Bertz CT molecular complexity index is 1530. The Balaban J connectivity index is 1.38. The lowest BCUT2D eigenvalue weighted by Gasteiger charge is -2.16. The van der Waals surface area contributed by atoms with Gasteiger partial charge in [0.15, 0.2) is 0 Å². The lowest BCUT2D eigenvalue weighted by molar-refractivity contribution is 0.560. The van der Waals surface area contributed by atoms with E-state index in [1.807, 2.05) is 42.8 Å². The van der Waals surface area contributed by atoms with E-state index < -0.39 is 10.0 Å². The molecule has 0 radical (unpaired) electrons. The third-order valence-corrected chi connectivity index (χ3v) is 8.41. The highest BCUT2D eigenvalue weighted by molar-refractivity contribution is 7.89. The van der Waals surface area contributed by atoms with Gasteiger partial charge in [-0.05, 0) is 67.0 Å². The van der Waals surface area contributed by atoms with Crippen LogP contribution in [0.2, 0.25) is 0 Å². The fourth-order valence-electron chi connectivity index (χ4n) is 4.93. The minimum Gasteiger partial charge on any atom is -0.351 e. The molecule has 10 heteroatoms. The number of anilines is 1. The van der Waals surface area contributed by atoms with Gasteiger partial charge < -0.3 is 5.32 Å². The zero-order chi connectivity index (χ0) is 24.9. The molecule has 0 unspecified atom stereocenters. The number of benzene rings is 1. The van der Waals surface area contributed by atoms with Crippen molar-refractivity contribution in [2.75, 3.05) is 11.9 Å². The average molecular weight is 504 g/mol. The maximum absolute atomic E-state index is 13.7. The maximum Gasteiger partial charge on any atom is 0.241 e. The van der Waals surface area contributed by atoms with Crippen LogP contribution in [0.4, 0.5) is 5.95 Å². The molecular formula is C26H29N7O2S. The summed E-state index contributed by atoms with van der Waals surface area (Å²) in [6, 6.07) is 7.88. The minimum absolute atomic E-state index is 0.0219. The van der Waals surface area contributed by atoms with E-state index in [1.165, 1.54) is 0 Å². The van der Waals surface area contributed by atoms with Gasteiger partial charge in [0.2, 0.25) is 16.0 Å². The number of sulfonamides is 1. The van der Waals surface area contributed by atoms with Gasteiger partial charge in [-0.25, -0.2) is 13.1 Å². The molecule has 0 amide bonds. The van der Waals surface area contributed by atoms with Crippen LogP contribution in [0.1, 0.15) is 49.4 Å². The lowest BCUT2D eigenvalue weighted by Crippen LogP contribution is -2.29. The summed E-state index contributed by atoms with van der Waals surface area (Å²) >= 11 is 0. The number of aromatic nitrogens is 5. The number of pyridine rings is 2. The Morgan fingerprint density at radius 3 is 2.78 bits per heavy atom. The largest absolute Gasteiger partial charge is 0.351 e. The molecule has 1 aromatic carbocycles. The van der Waals surface area contributed by atoms with Crippen molar-refractivity contribution in [1.29, 1.82) is 0 Å². The molecule has 4 aromatic rings. The molecule has 3 aromatic heterocycles. The summed E-state index contributed by atoms with van der Waals surface area (Å²) in [5, 5.41) is 13.5. The third kappa shape index (κ3) is 4.35. The molecule has 36 heavy (non-hydrogen) atoms. The molecule has 0 aliphatic heterocycles. The Kier molecular flexibility index (Phi) is 5.72. The Hall–Kier alpha value is -3.37. The van der Waals surface area contributed by atoms with Crippen molar-refractivity contribution in [2.24, 2.45) is 5.92 Å². The molecule has 1 fully saturated rings. The van der Waals surface area contributed by atoms with Gasteiger partial charge in [0, 0.05) is 47.4 Å². The normalized spacial score (nSPS) is 17.6. The first-order valence-corrected chi connectivity index (χ1v) is 13.9. The van der Waals surface area contributed by atoms with Crippen LogP contribution in [0.25, 0.3) is 16.5 Å². The van der Waals surface area contributed by atoms with Gasteiger partial charge in [0.1, 0.15) is 6.33 Å². The van der Waals surface area contributed by atoms with Crippen LogP contribution < -0.4 is 10.0 Å². The zero-order valence-electron chi connectivity index (χ0n) is 20.3. The second-order valence-corrected chi connectivity index (χ2v) is 11.9. The third-order valence-electron chi connectivity index (χ3n) is 6.86. The van der Waals surface area contributed by atoms with E-state index in [0.29, 0.717) is 36.1 Å². The fraction of sp³-hybridized carbons (Fsp3) is 0.385. The second kappa shape index (κ2) is 8.94. The minimum atomic E-state index is -3.71. The van der Waals surface area contributed by atoms with Gasteiger partial charge in [0.05, 0.1) is 16.8 Å². The van der Waals surface area contributed by atoms with Gasteiger partial charge in [0.25, 0.3) is 0 Å². The van der Waals surface area contributed by atoms with Gasteiger partial charge in [-0.15, -0.1) is 10.2 Å². The molecule has 2 aliphatic rings. The first kappa shape index (κ1) is 23.1. The quantitative estimate of drug-likeness (QED) is 0.378. The van der Waals surface area contributed by atoms with E-state index in [9.17, 15) is 8.42 Å². The Morgan fingerprint density at radius 1 is 1.17 bits per heavy atom. The highest BCUT2D eigenvalue weighted by Gasteiger charge is 2.33. The van der Waals surface area contributed by atoms with E-state index in [-0.39, 0.29) is 12.0 Å². The number of hydrogen-bond donors (Lipinski definition) is 2. The van der Waals surface area contributed by atoms with Gasteiger partial charge in [-0.2, -0.15) is 0 Å². The predicted molar refractivity (Wildman–Crippen MR) is 138 cm³/mol. The first-order chi connectivity index (χ1) is 17.4. The average Bonchev–Trinajstić information content (AvgIpc) is 3.49. The Morgan fingerprint density at radius 2 is 2.03 bits per heavy atom. The number of rotatable bonds is 8. The van der Waals surface area contributed by atoms with Crippen LogP contribution in [-0.2, 0) is 22.9 Å². The molecule has 2 aliphatic carbocycles. The molecule has 0 bridgehead atoms. The van der Waals surface area contributed by atoms with Crippen molar-refractivity contribution in [3.8, 4) is 5.69 Å². The Labute approximate surface area is 210 Å². The standard InChI is InChI=1S/C26H29N7O2S/c1-16(2)12-30-36(34,35)25-22-10-20(31-26-32-29-15-33(26)21-4-3-7-27-14-21)9-18(22)8-19-13-28-24(11-23(19)25)17-5-6-17/h3-4,7-8,11,13-17,20,30H,5-6,9-10,12H2,1-2H3,(H,31,32)/t20-/m0/s1. The monoisotopic (exact) mass is 503 g/mol. The lowest BCUT2D eigenvalue weighted by atomic mass is 10.0. The second-order valence-electron chi connectivity index (χ2n) is 10.2. The molecule has 3 heterocycles. The maximum atomic E-state index is 13.7. The predicted octanol–water partition coefficient (Wildman–Crippen LogP) is 3.60. The SMILES string of the molecule is CC(C)CNS(=O)(=O)c1c2c(cc3cnc(C4CC4)cc13)C[C@H](Nc1nncn1-c1cccnc1)C2. The van der Waals surface area contributed by atoms with Crippen molar-refractivity contribution >= 4 is 26.7 Å². The van der Waals surface area contributed by atoms with Crippen molar-refractivity contribution in [2.45, 2.75) is 56.4 Å². The summed E-state index contributed by atoms with van der Waals surface area (Å²) in [6.45, 7) is 4.40. The molecule has 1 saturated carbocycles. The van der Waals surface area contributed by atoms with Crippen molar-refractivity contribution in [1.82, 2.24) is 29.5 Å². The molecule has 6 rings (SSSR count). The van der Waals surface area contributed by atoms with Crippen molar-refractivity contribution in [3.05, 3.63) is 66.0 Å². The van der Waals surface area contributed by atoms with Crippen LogP contribution in [0, 0.1) is 5.92 Å². The molecule has 2 N–H and O–H groups in total. The van der Waals surface area contributed by atoms with Crippen LogP contribution in [-0.4, -0.2) is 45.7 Å². The molecule has 1 atom stereocenters. The first-order valence-electron chi connectivity index (χ1n) is 12.4. The van der Waals surface area contributed by atoms with Crippen LogP contribution in [0.5, 0.6) is 0 Å². The van der Waals surface area contributed by atoms with Gasteiger partial charge in [-0.3, -0.25) is 14.5 Å². The fourth-order valence-corrected chi connectivity index (χ4v) is 6.63. The molecule has 186 valence electrons. The van der Waals surface area contributed by atoms with Crippen molar-refractivity contribution in [3.63, 3.8) is 0 Å². The van der Waals surface area contributed by atoms with Crippen LogP contribution in [0.15, 0.2) is 54.1 Å². The molecule has 9 nitrogen and oxygen atoms in total. The number of nitrogens with one attached hydrogen (secondary N) is 2. The smallest absolute Gasteiger partial charge is 0.241 e. The number of fused-ring (bicyclic) bond motifs is 2. The zero-order valence-corrected chi connectivity index (χ0v) is 21.2. The van der Waals surface area contributed by atoms with E-state index >= 15 is 0 Å². The van der Waals surface area contributed by atoms with E-state index in [1.54, 1.807) is 18.7 Å². The summed E-state index contributed by atoms with van der Waals surface area (Å²) in [5.74, 6) is 1.25. The molecule has 0 saturated heterocycles. The van der Waals surface area contributed by atoms with E-state index in [0.717, 1.165) is 46.1 Å². The molecular weight excluding hydrogens is 474 g/mol. The number of hydrogen-bond acceptors (Lipinski definition) is 7. The van der Waals surface area contributed by atoms with Gasteiger partial charge >= 0.3 is 0 Å². The summed E-state index contributed by atoms with van der Waals surface area (Å²) in [7, 11) is -3.71. The van der Waals surface area contributed by atoms with Crippen LogP contribution >= 0.6 is 0 Å².